The predicted molar refractivity (Wildman–Crippen MR) is 94.2 cm³/mol. The van der Waals surface area contributed by atoms with E-state index in [0.717, 1.165) is 12.1 Å². The van der Waals surface area contributed by atoms with Crippen molar-refractivity contribution in [2.24, 2.45) is 0 Å². The predicted octanol–water partition coefficient (Wildman–Crippen LogP) is 4.01. The van der Waals surface area contributed by atoms with Crippen molar-refractivity contribution in [1.82, 2.24) is 5.32 Å². The molecular weight excluding hydrogens is 359 g/mol. The number of hydrogen-bond acceptors (Lipinski definition) is 2. The van der Waals surface area contributed by atoms with E-state index in [4.69, 9.17) is 0 Å². The summed E-state index contributed by atoms with van der Waals surface area (Å²) in [7, 11) is 0. The highest BCUT2D eigenvalue weighted by molar-refractivity contribution is 5.79. The van der Waals surface area contributed by atoms with Gasteiger partial charge in [-0.15, -0.1) is 0 Å². The first kappa shape index (κ1) is 20.5. The molecule has 0 aliphatic rings. The Bertz CT molecular complexity index is 776. The second kappa shape index (κ2) is 9.21. The minimum atomic E-state index is -4.39. The van der Waals surface area contributed by atoms with Gasteiger partial charge in [-0.1, -0.05) is 48.5 Å². The van der Waals surface area contributed by atoms with Crippen LogP contribution in [0.3, 0.4) is 0 Å². The number of alkyl halides is 3. The number of aliphatic carboxylic acids is 1. The number of carbonyl (C=O) groups is 2. The lowest BCUT2D eigenvalue weighted by Gasteiger charge is -2.14. The van der Waals surface area contributed by atoms with Crippen LogP contribution in [0, 0.1) is 0 Å². The first-order valence-corrected chi connectivity index (χ1v) is 8.48. The van der Waals surface area contributed by atoms with Crippen molar-refractivity contribution in [3.05, 3.63) is 71.3 Å². The Morgan fingerprint density at radius 3 is 2.37 bits per heavy atom. The number of carbonyl (C=O) groups excluding carboxylic acids is 1. The molecule has 1 amide bonds. The van der Waals surface area contributed by atoms with E-state index >= 15 is 0 Å². The zero-order valence-electron chi connectivity index (χ0n) is 14.5. The Morgan fingerprint density at radius 2 is 1.74 bits per heavy atom. The molecule has 2 aromatic rings. The van der Waals surface area contributed by atoms with Crippen LogP contribution in [0.25, 0.3) is 0 Å². The molecule has 0 aliphatic heterocycles. The van der Waals surface area contributed by atoms with E-state index in [1.165, 1.54) is 6.07 Å². The monoisotopic (exact) mass is 379 g/mol. The van der Waals surface area contributed by atoms with E-state index < -0.39 is 23.6 Å². The number of carboxylic acids is 1. The third-order valence-corrected chi connectivity index (χ3v) is 4.13. The Balaban J connectivity index is 1.82. The molecule has 144 valence electrons. The maximum Gasteiger partial charge on any atom is 0.416 e. The summed E-state index contributed by atoms with van der Waals surface area (Å²) in [4.78, 5) is 23.3. The quantitative estimate of drug-likeness (QED) is 0.728. The Morgan fingerprint density at radius 1 is 1.04 bits per heavy atom. The van der Waals surface area contributed by atoms with Gasteiger partial charge in [0, 0.05) is 13.0 Å². The minimum absolute atomic E-state index is 0.0399. The lowest BCUT2D eigenvalue weighted by atomic mass is 9.99. The molecular formula is C20H20F3NO3. The molecule has 0 fully saturated rings. The molecule has 0 aromatic heterocycles. The maximum absolute atomic E-state index is 12.7. The van der Waals surface area contributed by atoms with Crippen LogP contribution in [0.5, 0.6) is 0 Å². The summed E-state index contributed by atoms with van der Waals surface area (Å²) in [6.45, 7) is -0.0399. The molecule has 7 heteroatoms. The molecule has 1 unspecified atom stereocenters. The average molecular weight is 379 g/mol. The molecule has 0 saturated carbocycles. The fourth-order valence-electron chi connectivity index (χ4n) is 2.69. The van der Waals surface area contributed by atoms with E-state index in [0.29, 0.717) is 24.0 Å². The molecule has 2 aromatic carbocycles. The SMILES string of the molecule is O=C(CCCc1cccc(C(F)(F)F)c1)NCC(C(=O)O)c1ccccc1. The molecule has 1 atom stereocenters. The minimum Gasteiger partial charge on any atom is -0.481 e. The van der Waals surface area contributed by atoms with E-state index in [9.17, 15) is 27.9 Å². The van der Waals surface area contributed by atoms with E-state index in [1.54, 1.807) is 36.4 Å². The summed E-state index contributed by atoms with van der Waals surface area (Å²) in [5.74, 6) is -2.21. The molecule has 0 spiro atoms. The van der Waals surface area contributed by atoms with E-state index in [1.807, 2.05) is 0 Å². The van der Waals surface area contributed by atoms with Crippen LogP contribution in [0.15, 0.2) is 54.6 Å². The van der Waals surface area contributed by atoms with Crippen LogP contribution in [0.4, 0.5) is 13.2 Å². The third-order valence-electron chi connectivity index (χ3n) is 4.13. The van der Waals surface area contributed by atoms with Crippen molar-refractivity contribution in [2.45, 2.75) is 31.4 Å². The van der Waals surface area contributed by atoms with Crippen LogP contribution >= 0.6 is 0 Å². The first-order valence-electron chi connectivity index (χ1n) is 8.48. The fourth-order valence-corrected chi connectivity index (χ4v) is 2.69. The van der Waals surface area contributed by atoms with Crippen LogP contribution in [-0.2, 0) is 22.2 Å². The van der Waals surface area contributed by atoms with Crippen molar-refractivity contribution >= 4 is 11.9 Å². The van der Waals surface area contributed by atoms with Crippen molar-refractivity contribution < 1.29 is 27.9 Å². The summed E-state index contributed by atoms with van der Waals surface area (Å²) in [5, 5.41) is 11.9. The van der Waals surface area contributed by atoms with Gasteiger partial charge in [-0.25, -0.2) is 0 Å². The van der Waals surface area contributed by atoms with Crippen molar-refractivity contribution in [3.8, 4) is 0 Å². The second-order valence-electron chi connectivity index (χ2n) is 6.16. The van der Waals surface area contributed by atoms with Gasteiger partial charge in [-0.3, -0.25) is 9.59 Å². The molecule has 2 rings (SSSR count). The number of rotatable bonds is 8. The maximum atomic E-state index is 12.7. The first-order chi connectivity index (χ1) is 12.8. The molecule has 4 nitrogen and oxygen atoms in total. The summed E-state index contributed by atoms with van der Waals surface area (Å²) >= 11 is 0. The highest BCUT2D eigenvalue weighted by Crippen LogP contribution is 2.29. The summed E-state index contributed by atoms with van der Waals surface area (Å²) in [6.07, 6.45) is -3.58. The third kappa shape index (κ3) is 6.44. The van der Waals surface area contributed by atoms with Crippen molar-refractivity contribution in [3.63, 3.8) is 0 Å². The number of aryl methyl sites for hydroxylation is 1. The zero-order valence-corrected chi connectivity index (χ0v) is 14.5. The largest absolute Gasteiger partial charge is 0.481 e. The topological polar surface area (TPSA) is 66.4 Å². The number of amides is 1. The fraction of sp³-hybridized carbons (Fsp3) is 0.300. The molecule has 27 heavy (non-hydrogen) atoms. The Kier molecular flexibility index (Phi) is 6.98. The Labute approximate surface area is 155 Å². The number of carboxylic acid groups (broad SMARTS) is 1. The standard InChI is InChI=1S/C20H20F3NO3/c21-20(22,23)16-10-4-6-14(12-16)7-5-11-18(25)24-13-17(19(26)27)15-8-2-1-3-9-15/h1-4,6,8-10,12,17H,5,7,11,13H2,(H,24,25)(H,26,27). The molecule has 0 saturated heterocycles. The van der Waals surface area contributed by atoms with Gasteiger partial charge in [0.2, 0.25) is 5.91 Å². The summed E-state index contributed by atoms with van der Waals surface area (Å²) in [5.41, 5.74) is 0.385. The second-order valence-corrected chi connectivity index (χ2v) is 6.16. The van der Waals surface area contributed by atoms with Crippen LogP contribution in [-0.4, -0.2) is 23.5 Å². The van der Waals surface area contributed by atoms with E-state index in [2.05, 4.69) is 5.32 Å². The van der Waals surface area contributed by atoms with Gasteiger partial charge in [0.1, 0.15) is 0 Å². The molecule has 0 aliphatic carbocycles. The number of nitrogens with one attached hydrogen (secondary N) is 1. The Hall–Kier alpha value is -2.83. The van der Waals surface area contributed by atoms with Crippen LogP contribution in [0.2, 0.25) is 0 Å². The number of halogens is 3. The van der Waals surface area contributed by atoms with Crippen molar-refractivity contribution in [2.75, 3.05) is 6.54 Å². The van der Waals surface area contributed by atoms with Gasteiger partial charge >= 0.3 is 12.1 Å². The lowest BCUT2D eigenvalue weighted by Crippen LogP contribution is -2.31. The molecule has 0 bridgehead atoms. The van der Waals surface area contributed by atoms with Gasteiger partial charge in [-0.05, 0) is 30.0 Å². The van der Waals surface area contributed by atoms with Gasteiger partial charge in [-0.2, -0.15) is 13.2 Å². The zero-order chi connectivity index (χ0) is 19.9. The van der Waals surface area contributed by atoms with E-state index in [-0.39, 0.29) is 18.9 Å². The smallest absolute Gasteiger partial charge is 0.416 e. The number of hydrogen-bond donors (Lipinski definition) is 2. The number of benzene rings is 2. The highest BCUT2D eigenvalue weighted by atomic mass is 19.4. The van der Waals surface area contributed by atoms with Gasteiger partial charge in [0.05, 0.1) is 11.5 Å². The van der Waals surface area contributed by atoms with Gasteiger partial charge in [0.25, 0.3) is 0 Å². The van der Waals surface area contributed by atoms with Gasteiger partial charge in [0.15, 0.2) is 0 Å². The molecule has 0 radical (unpaired) electrons. The highest BCUT2D eigenvalue weighted by Gasteiger charge is 2.30. The van der Waals surface area contributed by atoms with Crippen LogP contribution in [0.1, 0.15) is 35.4 Å². The summed E-state index contributed by atoms with van der Waals surface area (Å²) in [6, 6.07) is 13.6. The van der Waals surface area contributed by atoms with Gasteiger partial charge < -0.3 is 10.4 Å². The molecule has 0 heterocycles. The van der Waals surface area contributed by atoms with Crippen molar-refractivity contribution in [1.29, 1.82) is 0 Å². The average Bonchev–Trinajstić information content (AvgIpc) is 2.62. The normalized spacial score (nSPS) is 12.4. The van der Waals surface area contributed by atoms with Crippen LogP contribution < -0.4 is 5.32 Å². The summed E-state index contributed by atoms with van der Waals surface area (Å²) < 4.78 is 38.1. The lowest BCUT2D eigenvalue weighted by molar-refractivity contribution is -0.139. The molecule has 2 N–H and O–H groups in total.